The molecule has 27 heavy (non-hydrogen) atoms. The largest absolute Gasteiger partial charge is 0.494 e. The van der Waals surface area contributed by atoms with Crippen molar-refractivity contribution in [1.82, 2.24) is 15.1 Å². The number of aromatic amines is 1. The van der Waals surface area contributed by atoms with Crippen molar-refractivity contribution in [2.24, 2.45) is 0 Å². The van der Waals surface area contributed by atoms with Crippen LogP contribution in [-0.2, 0) is 13.0 Å². The van der Waals surface area contributed by atoms with Gasteiger partial charge in [-0.1, -0.05) is 23.7 Å². The molecule has 4 rings (SSSR count). The van der Waals surface area contributed by atoms with E-state index in [9.17, 15) is 4.79 Å². The Hall–Kier alpha value is -2.79. The summed E-state index contributed by atoms with van der Waals surface area (Å²) in [7, 11) is 0. The Morgan fingerprint density at radius 2 is 1.93 bits per heavy atom. The fraction of sp³-hybridized carbons (Fsp3) is 0.238. The van der Waals surface area contributed by atoms with Gasteiger partial charge in [0.1, 0.15) is 5.75 Å². The molecule has 138 valence electrons. The molecule has 0 radical (unpaired) electrons. The van der Waals surface area contributed by atoms with E-state index in [1.165, 1.54) is 0 Å². The number of hydrogen-bond acceptors (Lipinski definition) is 3. The molecule has 1 aliphatic heterocycles. The number of amides is 1. The van der Waals surface area contributed by atoms with Gasteiger partial charge in [-0.25, -0.2) is 0 Å². The number of H-pyrrole nitrogens is 1. The minimum atomic E-state index is 0.0203. The van der Waals surface area contributed by atoms with Crippen LogP contribution in [0.4, 0.5) is 0 Å². The molecule has 0 aliphatic carbocycles. The summed E-state index contributed by atoms with van der Waals surface area (Å²) in [5.74, 6) is 0.793. The molecule has 0 bridgehead atoms. The summed E-state index contributed by atoms with van der Waals surface area (Å²) < 4.78 is 5.45. The first-order valence-corrected chi connectivity index (χ1v) is 9.37. The number of carbonyl (C=O) groups excluding carboxylic acids is 1. The van der Waals surface area contributed by atoms with Gasteiger partial charge in [0.25, 0.3) is 5.91 Å². The summed E-state index contributed by atoms with van der Waals surface area (Å²) in [5, 5.41) is 8.29. The van der Waals surface area contributed by atoms with Gasteiger partial charge in [-0.05, 0) is 43.3 Å². The molecule has 0 atom stereocenters. The van der Waals surface area contributed by atoms with Gasteiger partial charge in [0.15, 0.2) is 0 Å². The van der Waals surface area contributed by atoms with Crippen molar-refractivity contribution in [3.63, 3.8) is 0 Å². The van der Waals surface area contributed by atoms with Crippen molar-refractivity contribution in [3.8, 4) is 17.0 Å². The zero-order valence-electron chi connectivity index (χ0n) is 15.0. The van der Waals surface area contributed by atoms with Crippen LogP contribution in [0.25, 0.3) is 11.3 Å². The highest BCUT2D eigenvalue weighted by atomic mass is 35.5. The summed E-state index contributed by atoms with van der Waals surface area (Å²) in [6.07, 6.45) is 0.763. The number of nitrogens with one attached hydrogen (secondary N) is 1. The van der Waals surface area contributed by atoms with Crippen LogP contribution in [0.3, 0.4) is 0 Å². The third-order valence-electron chi connectivity index (χ3n) is 4.75. The number of carbonyl (C=O) groups is 1. The van der Waals surface area contributed by atoms with Gasteiger partial charge in [0.2, 0.25) is 0 Å². The van der Waals surface area contributed by atoms with Gasteiger partial charge < -0.3 is 9.64 Å². The highest BCUT2D eigenvalue weighted by Crippen LogP contribution is 2.29. The van der Waals surface area contributed by atoms with Crippen LogP contribution in [0.2, 0.25) is 5.02 Å². The number of hydrogen-bond donors (Lipinski definition) is 1. The first-order chi connectivity index (χ1) is 13.2. The van der Waals surface area contributed by atoms with E-state index in [-0.39, 0.29) is 5.91 Å². The fourth-order valence-corrected chi connectivity index (χ4v) is 3.48. The lowest BCUT2D eigenvalue weighted by atomic mass is 10.0. The Balaban J connectivity index is 1.56. The monoisotopic (exact) mass is 381 g/mol. The standard InChI is InChI=1S/C21H20ClN3O2/c1-2-27-17-9-5-15(6-10-17)21(26)25-12-11-19-18(13-25)20(24-23-19)14-3-7-16(22)8-4-14/h3-10H,2,11-13H2,1H3,(H,23,24). The van der Waals surface area contributed by atoms with Crippen molar-refractivity contribution in [2.45, 2.75) is 19.9 Å². The van der Waals surface area contributed by atoms with E-state index in [2.05, 4.69) is 10.2 Å². The predicted molar refractivity (Wildman–Crippen MR) is 105 cm³/mol. The number of halogens is 1. The molecule has 1 aromatic heterocycles. The average Bonchev–Trinajstić information content (AvgIpc) is 3.12. The van der Waals surface area contributed by atoms with Crippen LogP contribution in [-0.4, -0.2) is 34.2 Å². The number of aromatic nitrogens is 2. The summed E-state index contributed by atoms with van der Waals surface area (Å²) in [4.78, 5) is 14.8. The number of nitrogens with zero attached hydrogens (tertiary/aromatic N) is 2. The molecule has 0 saturated heterocycles. The molecule has 5 nitrogen and oxygen atoms in total. The van der Waals surface area contributed by atoms with Gasteiger partial charge in [0, 0.05) is 46.9 Å². The van der Waals surface area contributed by atoms with Gasteiger partial charge in [-0.2, -0.15) is 5.10 Å². The van der Waals surface area contributed by atoms with E-state index < -0.39 is 0 Å². The van der Waals surface area contributed by atoms with E-state index in [4.69, 9.17) is 16.3 Å². The fourth-order valence-electron chi connectivity index (χ4n) is 3.36. The third kappa shape index (κ3) is 3.55. The maximum Gasteiger partial charge on any atom is 0.254 e. The highest BCUT2D eigenvalue weighted by Gasteiger charge is 2.26. The van der Waals surface area contributed by atoms with E-state index >= 15 is 0 Å². The molecule has 1 N–H and O–H groups in total. The van der Waals surface area contributed by atoms with E-state index in [1.54, 1.807) is 0 Å². The van der Waals surface area contributed by atoms with Gasteiger partial charge in [-0.15, -0.1) is 0 Å². The van der Waals surface area contributed by atoms with Gasteiger partial charge in [-0.3, -0.25) is 9.89 Å². The summed E-state index contributed by atoms with van der Waals surface area (Å²) >= 11 is 5.99. The van der Waals surface area contributed by atoms with Gasteiger partial charge >= 0.3 is 0 Å². The smallest absolute Gasteiger partial charge is 0.254 e. The maximum atomic E-state index is 12.9. The normalized spacial score (nSPS) is 13.3. The zero-order chi connectivity index (χ0) is 18.8. The Kier molecular flexibility index (Phi) is 4.86. The number of fused-ring (bicyclic) bond motifs is 1. The van der Waals surface area contributed by atoms with Crippen LogP contribution < -0.4 is 4.74 Å². The molecule has 0 fully saturated rings. The van der Waals surface area contributed by atoms with Crippen LogP contribution in [0.15, 0.2) is 48.5 Å². The van der Waals surface area contributed by atoms with Crippen molar-refractivity contribution in [3.05, 3.63) is 70.4 Å². The van der Waals surface area contributed by atoms with Crippen LogP contribution in [0, 0.1) is 0 Å². The summed E-state index contributed by atoms with van der Waals surface area (Å²) in [6.45, 7) is 3.75. The molecule has 2 aromatic carbocycles. The average molecular weight is 382 g/mol. The molecule has 1 aliphatic rings. The number of benzene rings is 2. The Bertz CT molecular complexity index is 949. The molecule has 3 aromatic rings. The number of ether oxygens (including phenoxy) is 1. The Morgan fingerprint density at radius 3 is 2.63 bits per heavy atom. The molecule has 0 unspecified atom stereocenters. The van der Waals surface area contributed by atoms with Crippen LogP contribution >= 0.6 is 11.6 Å². The van der Waals surface area contributed by atoms with Gasteiger partial charge in [0.05, 0.1) is 12.3 Å². The highest BCUT2D eigenvalue weighted by molar-refractivity contribution is 6.30. The molecular weight excluding hydrogens is 362 g/mol. The van der Waals surface area contributed by atoms with E-state index in [0.29, 0.717) is 30.3 Å². The number of rotatable bonds is 4. The summed E-state index contributed by atoms with van der Waals surface area (Å²) in [6, 6.07) is 14.9. The van der Waals surface area contributed by atoms with Crippen LogP contribution in [0.1, 0.15) is 28.5 Å². The van der Waals surface area contributed by atoms with Crippen molar-refractivity contribution >= 4 is 17.5 Å². The Labute approximate surface area is 162 Å². The summed E-state index contributed by atoms with van der Waals surface area (Å²) in [5.41, 5.74) is 4.70. The lowest BCUT2D eigenvalue weighted by molar-refractivity contribution is 0.0734. The SMILES string of the molecule is CCOc1ccc(C(=O)N2CCc3[nH]nc(-c4ccc(Cl)cc4)c3C2)cc1. The topological polar surface area (TPSA) is 58.2 Å². The van der Waals surface area contributed by atoms with Crippen molar-refractivity contribution in [1.29, 1.82) is 0 Å². The van der Waals surface area contributed by atoms with Crippen molar-refractivity contribution in [2.75, 3.05) is 13.2 Å². The predicted octanol–water partition coefficient (Wildman–Crippen LogP) is 4.33. The Morgan fingerprint density at radius 1 is 1.19 bits per heavy atom. The molecule has 1 amide bonds. The second-order valence-electron chi connectivity index (χ2n) is 6.47. The first kappa shape index (κ1) is 17.6. The van der Waals surface area contributed by atoms with E-state index in [1.807, 2.05) is 60.4 Å². The maximum absolute atomic E-state index is 12.9. The molecule has 0 saturated carbocycles. The molecular formula is C21H20ClN3O2. The minimum absolute atomic E-state index is 0.0203. The minimum Gasteiger partial charge on any atom is -0.494 e. The third-order valence-corrected chi connectivity index (χ3v) is 5.00. The van der Waals surface area contributed by atoms with E-state index in [0.717, 1.165) is 34.7 Å². The zero-order valence-corrected chi connectivity index (χ0v) is 15.8. The second kappa shape index (κ2) is 7.45. The molecule has 2 heterocycles. The lowest BCUT2D eigenvalue weighted by Crippen LogP contribution is -2.35. The quantitative estimate of drug-likeness (QED) is 0.731. The molecule has 0 spiro atoms. The first-order valence-electron chi connectivity index (χ1n) is 9.00. The van der Waals surface area contributed by atoms with Crippen LogP contribution in [0.5, 0.6) is 5.75 Å². The second-order valence-corrected chi connectivity index (χ2v) is 6.91. The lowest BCUT2D eigenvalue weighted by Gasteiger charge is -2.27. The molecule has 6 heteroatoms. The van der Waals surface area contributed by atoms with Crippen molar-refractivity contribution < 1.29 is 9.53 Å².